The summed E-state index contributed by atoms with van der Waals surface area (Å²) in [4.78, 5) is 0. The van der Waals surface area contributed by atoms with E-state index in [1.54, 1.807) is 0 Å². The average Bonchev–Trinajstić information content (AvgIpc) is 2.86. The maximum atomic E-state index is 6.04. The van der Waals surface area contributed by atoms with Gasteiger partial charge in [0.2, 0.25) is 0 Å². The highest BCUT2D eigenvalue weighted by Gasteiger charge is 2.19. The van der Waals surface area contributed by atoms with Gasteiger partial charge in [-0.2, -0.15) is 0 Å². The zero-order valence-corrected chi connectivity index (χ0v) is 14.1. The van der Waals surface area contributed by atoms with E-state index in [0.717, 1.165) is 26.8 Å². The molecule has 1 N–H and O–H groups in total. The molecule has 0 amide bonds. The quantitative estimate of drug-likeness (QED) is 0.667. The van der Waals surface area contributed by atoms with Crippen LogP contribution in [0, 0.1) is 6.92 Å². The maximum Gasteiger partial charge on any atom is 0.134 e. The summed E-state index contributed by atoms with van der Waals surface area (Å²) in [5, 5.41) is 5.05. The van der Waals surface area contributed by atoms with E-state index < -0.39 is 0 Å². The Morgan fingerprint density at radius 2 is 1.95 bits per heavy atom. The van der Waals surface area contributed by atoms with E-state index in [1.807, 2.05) is 31.3 Å². The fourth-order valence-electron chi connectivity index (χ4n) is 2.51. The number of hydrogen-bond donors (Lipinski definition) is 1. The van der Waals surface area contributed by atoms with Crippen molar-refractivity contribution in [2.75, 3.05) is 7.05 Å². The third-order valence-electron chi connectivity index (χ3n) is 3.53. The topological polar surface area (TPSA) is 25.2 Å². The van der Waals surface area contributed by atoms with Crippen LogP contribution >= 0.6 is 27.5 Å². The number of benzene rings is 2. The van der Waals surface area contributed by atoms with Crippen LogP contribution in [0.4, 0.5) is 0 Å². The van der Waals surface area contributed by atoms with Crippen LogP contribution in [0.5, 0.6) is 0 Å². The van der Waals surface area contributed by atoms with Crippen LogP contribution in [-0.4, -0.2) is 7.05 Å². The summed E-state index contributed by atoms with van der Waals surface area (Å²) in [5.74, 6) is 0.876. The Labute approximate surface area is 137 Å². The lowest BCUT2D eigenvalue weighted by Gasteiger charge is -2.16. The van der Waals surface area contributed by atoms with E-state index in [4.69, 9.17) is 16.0 Å². The molecule has 108 valence electrons. The molecule has 0 saturated carbocycles. The van der Waals surface area contributed by atoms with Gasteiger partial charge in [-0.1, -0.05) is 45.2 Å². The van der Waals surface area contributed by atoms with Gasteiger partial charge in [0.1, 0.15) is 11.3 Å². The first kappa shape index (κ1) is 14.6. The van der Waals surface area contributed by atoms with Crippen LogP contribution in [0.2, 0.25) is 5.02 Å². The number of hydrogen-bond acceptors (Lipinski definition) is 2. The fourth-order valence-corrected chi connectivity index (χ4v) is 3.17. The fraction of sp³-hybridized carbons (Fsp3) is 0.176. The number of fused-ring (bicyclic) bond motifs is 1. The molecule has 0 fully saturated rings. The Balaban J connectivity index is 2.11. The molecule has 1 atom stereocenters. The maximum absolute atomic E-state index is 6.04. The first-order chi connectivity index (χ1) is 10.1. The van der Waals surface area contributed by atoms with Gasteiger partial charge in [0.05, 0.1) is 6.04 Å². The van der Waals surface area contributed by atoms with Crippen molar-refractivity contribution in [1.82, 2.24) is 5.32 Å². The minimum absolute atomic E-state index is 0.00884. The van der Waals surface area contributed by atoms with E-state index in [-0.39, 0.29) is 6.04 Å². The van der Waals surface area contributed by atoms with Crippen molar-refractivity contribution in [3.05, 3.63) is 68.8 Å². The lowest BCUT2D eigenvalue weighted by molar-refractivity contribution is 0.490. The Hall–Kier alpha value is -1.29. The largest absolute Gasteiger partial charge is 0.459 e. The van der Waals surface area contributed by atoms with Gasteiger partial charge in [-0.25, -0.2) is 0 Å². The van der Waals surface area contributed by atoms with Crippen molar-refractivity contribution < 1.29 is 4.42 Å². The van der Waals surface area contributed by atoms with Gasteiger partial charge in [-0.15, -0.1) is 0 Å². The Kier molecular flexibility index (Phi) is 4.07. The van der Waals surface area contributed by atoms with Crippen molar-refractivity contribution in [1.29, 1.82) is 0 Å². The second kappa shape index (κ2) is 5.84. The molecule has 2 aromatic carbocycles. The SMILES string of the molecule is CNC(c1cc2cc(Cl)ccc2o1)c1cc(C)ccc1Br. The van der Waals surface area contributed by atoms with Gasteiger partial charge >= 0.3 is 0 Å². The number of rotatable bonds is 3. The lowest BCUT2D eigenvalue weighted by Crippen LogP contribution is -2.17. The molecule has 2 nitrogen and oxygen atoms in total. The highest BCUT2D eigenvalue weighted by Crippen LogP contribution is 2.33. The monoisotopic (exact) mass is 363 g/mol. The van der Waals surface area contributed by atoms with Crippen LogP contribution in [0.15, 0.2) is 51.4 Å². The molecule has 3 rings (SSSR count). The molecule has 21 heavy (non-hydrogen) atoms. The van der Waals surface area contributed by atoms with Crippen LogP contribution in [0.1, 0.15) is 22.9 Å². The molecule has 0 bridgehead atoms. The van der Waals surface area contributed by atoms with Gasteiger partial charge in [-0.3, -0.25) is 0 Å². The molecule has 4 heteroatoms. The molecule has 1 heterocycles. The summed E-state index contributed by atoms with van der Waals surface area (Å²) in [7, 11) is 1.93. The molecular weight excluding hydrogens is 350 g/mol. The van der Waals surface area contributed by atoms with E-state index in [2.05, 4.69) is 46.4 Å². The summed E-state index contributed by atoms with van der Waals surface area (Å²) >= 11 is 9.66. The van der Waals surface area contributed by atoms with E-state index in [0.29, 0.717) is 5.02 Å². The predicted molar refractivity (Wildman–Crippen MR) is 91.0 cm³/mol. The Morgan fingerprint density at radius 3 is 2.71 bits per heavy atom. The highest BCUT2D eigenvalue weighted by atomic mass is 79.9. The van der Waals surface area contributed by atoms with Crippen molar-refractivity contribution in [3.63, 3.8) is 0 Å². The molecule has 3 aromatic rings. The van der Waals surface area contributed by atoms with Gasteiger partial charge in [-0.05, 0) is 49.9 Å². The van der Waals surface area contributed by atoms with Crippen molar-refractivity contribution in [2.24, 2.45) is 0 Å². The molecule has 0 saturated heterocycles. The summed E-state index contributed by atoms with van der Waals surface area (Å²) < 4.78 is 7.04. The molecule has 0 radical (unpaired) electrons. The van der Waals surface area contributed by atoms with E-state index in [9.17, 15) is 0 Å². The van der Waals surface area contributed by atoms with Gasteiger partial charge in [0, 0.05) is 14.9 Å². The molecule has 0 spiro atoms. The third-order valence-corrected chi connectivity index (χ3v) is 4.49. The summed E-state index contributed by atoms with van der Waals surface area (Å²) in [6.45, 7) is 2.08. The minimum Gasteiger partial charge on any atom is -0.459 e. The Bertz CT molecular complexity index is 797. The van der Waals surface area contributed by atoms with Crippen LogP contribution in [-0.2, 0) is 0 Å². The molecule has 1 unspecified atom stereocenters. The van der Waals surface area contributed by atoms with Crippen molar-refractivity contribution in [2.45, 2.75) is 13.0 Å². The number of nitrogens with one attached hydrogen (secondary N) is 1. The van der Waals surface area contributed by atoms with Gasteiger partial charge in [0.25, 0.3) is 0 Å². The summed E-state index contributed by atoms with van der Waals surface area (Å²) in [5.41, 5.74) is 3.22. The van der Waals surface area contributed by atoms with Crippen LogP contribution in [0.25, 0.3) is 11.0 Å². The zero-order chi connectivity index (χ0) is 15.0. The highest BCUT2D eigenvalue weighted by molar-refractivity contribution is 9.10. The summed E-state index contributed by atoms with van der Waals surface area (Å²) in [6, 6.07) is 14.0. The second-order valence-electron chi connectivity index (χ2n) is 5.08. The second-order valence-corrected chi connectivity index (χ2v) is 6.37. The van der Waals surface area contributed by atoms with Gasteiger partial charge < -0.3 is 9.73 Å². The normalized spacial score (nSPS) is 12.8. The lowest BCUT2D eigenvalue weighted by atomic mass is 10.0. The predicted octanol–water partition coefficient (Wildman–Crippen LogP) is 5.47. The molecule has 1 aromatic heterocycles. The Morgan fingerprint density at radius 1 is 1.14 bits per heavy atom. The van der Waals surface area contributed by atoms with Gasteiger partial charge in [0.15, 0.2) is 0 Å². The molecular formula is C17H15BrClNO. The number of furan rings is 1. The average molecular weight is 365 g/mol. The first-order valence-corrected chi connectivity index (χ1v) is 7.88. The smallest absolute Gasteiger partial charge is 0.134 e. The van der Waals surface area contributed by atoms with E-state index >= 15 is 0 Å². The zero-order valence-electron chi connectivity index (χ0n) is 11.8. The number of halogens is 2. The van der Waals surface area contributed by atoms with Crippen LogP contribution < -0.4 is 5.32 Å². The molecule has 0 aliphatic heterocycles. The third kappa shape index (κ3) is 2.86. The molecule has 0 aliphatic rings. The summed E-state index contributed by atoms with van der Waals surface area (Å²) in [6.07, 6.45) is 0. The standard InChI is InChI=1S/C17H15BrClNO/c1-10-3-5-14(18)13(7-10)17(20-2)16-9-11-8-12(19)4-6-15(11)21-16/h3-9,17,20H,1-2H3. The number of aryl methyl sites for hydroxylation is 1. The van der Waals surface area contributed by atoms with E-state index in [1.165, 1.54) is 5.56 Å². The molecule has 0 aliphatic carbocycles. The van der Waals surface area contributed by atoms with Crippen molar-refractivity contribution >= 4 is 38.5 Å². The minimum atomic E-state index is -0.00884. The first-order valence-electron chi connectivity index (χ1n) is 6.71. The van der Waals surface area contributed by atoms with Crippen molar-refractivity contribution in [3.8, 4) is 0 Å². The van der Waals surface area contributed by atoms with Crippen LogP contribution in [0.3, 0.4) is 0 Å².